The number of hydrogen-bond acceptors (Lipinski definition) is 4. The van der Waals surface area contributed by atoms with E-state index in [1.165, 1.54) is 12.8 Å². The molecule has 0 saturated carbocycles. The molecule has 1 heterocycles. The summed E-state index contributed by atoms with van der Waals surface area (Å²) in [5, 5.41) is 11.7. The average molecular weight is 226 g/mol. The summed E-state index contributed by atoms with van der Waals surface area (Å²) in [6, 6.07) is 0.522. The van der Waals surface area contributed by atoms with Crippen LogP contribution in [0.4, 0.5) is 6.01 Å². The second-order valence-corrected chi connectivity index (χ2v) is 3.88. The van der Waals surface area contributed by atoms with Gasteiger partial charge in [0.2, 0.25) is 0 Å². The molecule has 0 fully saturated rings. The van der Waals surface area contributed by atoms with Gasteiger partial charge in [0.25, 0.3) is 6.01 Å². The van der Waals surface area contributed by atoms with Crippen LogP contribution >= 0.6 is 0 Å². The van der Waals surface area contributed by atoms with Crippen molar-refractivity contribution in [3.63, 3.8) is 0 Å². The number of rotatable bonds is 7. The lowest BCUT2D eigenvalue weighted by Gasteiger charge is -2.10. The highest BCUT2D eigenvalue weighted by Crippen LogP contribution is 2.11. The summed E-state index contributed by atoms with van der Waals surface area (Å²) in [5.41, 5.74) is -0.0664. The molecule has 2 N–H and O–H groups in total. The Labute approximate surface area is 94.9 Å². The Hall–Kier alpha value is -1.52. The summed E-state index contributed by atoms with van der Waals surface area (Å²) < 4.78 is 5.00. The smallest absolute Gasteiger partial charge is 0.357 e. The fraction of sp³-hybridized carbons (Fsp3) is 0.636. The largest absolute Gasteiger partial charge is 0.476 e. The number of nitrogens with one attached hydrogen (secondary N) is 1. The van der Waals surface area contributed by atoms with E-state index in [0.717, 1.165) is 19.1 Å². The quantitative estimate of drug-likeness (QED) is 0.699. The molecular weight excluding hydrogens is 208 g/mol. The van der Waals surface area contributed by atoms with Crippen molar-refractivity contribution >= 4 is 12.0 Å². The number of oxazole rings is 1. The highest BCUT2D eigenvalue weighted by atomic mass is 16.4. The maximum Gasteiger partial charge on any atom is 0.357 e. The lowest BCUT2D eigenvalue weighted by Crippen LogP contribution is -2.15. The summed E-state index contributed by atoms with van der Waals surface area (Å²) >= 11 is 0. The van der Waals surface area contributed by atoms with Gasteiger partial charge in [0.1, 0.15) is 6.26 Å². The SMILES string of the molecule is CCCCCC(C)Nc1nc(C(=O)O)co1. The van der Waals surface area contributed by atoms with Crippen LogP contribution < -0.4 is 5.32 Å². The van der Waals surface area contributed by atoms with Crippen molar-refractivity contribution in [2.75, 3.05) is 5.32 Å². The number of nitrogens with zero attached hydrogens (tertiary/aromatic N) is 1. The minimum Gasteiger partial charge on any atom is -0.476 e. The molecule has 0 saturated heterocycles. The van der Waals surface area contributed by atoms with Crippen LogP contribution in [0.2, 0.25) is 0 Å². The first kappa shape index (κ1) is 12.5. The third-order valence-electron chi connectivity index (χ3n) is 2.33. The lowest BCUT2D eigenvalue weighted by molar-refractivity contribution is 0.0690. The molecule has 0 aliphatic carbocycles. The standard InChI is InChI=1S/C11H18N2O3/c1-3-4-5-6-8(2)12-11-13-9(7-16-11)10(14)15/h7-8H,3-6H2,1-2H3,(H,12,13)(H,14,15). The average Bonchev–Trinajstić information content (AvgIpc) is 2.66. The third-order valence-corrected chi connectivity index (χ3v) is 2.33. The Morgan fingerprint density at radius 1 is 1.62 bits per heavy atom. The van der Waals surface area contributed by atoms with Gasteiger partial charge in [-0.05, 0) is 13.3 Å². The van der Waals surface area contributed by atoms with Gasteiger partial charge in [-0.25, -0.2) is 4.79 Å². The Morgan fingerprint density at radius 2 is 2.38 bits per heavy atom. The van der Waals surface area contributed by atoms with Gasteiger partial charge < -0.3 is 14.8 Å². The van der Waals surface area contributed by atoms with E-state index in [1.807, 2.05) is 6.92 Å². The van der Waals surface area contributed by atoms with Crippen LogP contribution in [0.3, 0.4) is 0 Å². The van der Waals surface area contributed by atoms with Crippen LogP contribution in [-0.4, -0.2) is 22.1 Å². The predicted molar refractivity (Wildman–Crippen MR) is 60.7 cm³/mol. The van der Waals surface area contributed by atoms with Crippen molar-refractivity contribution in [1.29, 1.82) is 0 Å². The molecule has 0 amide bonds. The minimum absolute atomic E-state index is 0.0664. The van der Waals surface area contributed by atoms with Crippen molar-refractivity contribution in [3.8, 4) is 0 Å². The fourth-order valence-electron chi connectivity index (χ4n) is 1.42. The van der Waals surface area contributed by atoms with Crippen molar-refractivity contribution in [2.24, 2.45) is 0 Å². The molecule has 1 rings (SSSR count). The van der Waals surface area contributed by atoms with E-state index in [9.17, 15) is 4.79 Å². The minimum atomic E-state index is -1.07. The van der Waals surface area contributed by atoms with Crippen molar-refractivity contribution in [3.05, 3.63) is 12.0 Å². The number of unbranched alkanes of at least 4 members (excludes halogenated alkanes) is 2. The second-order valence-electron chi connectivity index (χ2n) is 3.88. The van der Waals surface area contributed by atoms with Gasteiger partial charge in [0.05, 0.1) is 0 Å². The molecule has 1 aromatic rings. The topological polar surface area (TPSA) is 75.4 Å². The summed E-state index contributed by atoms with van der Waals surface area (Å²) in [7, 11) is 0. The number of carboxylic acid groups (broad SMARTS) is 1. The third kappa shape index (κ3) is 3.92. The van der Waals surface area contributed by atoms with E-state index in [-0.39, 0.29) is 17.8 Å². The first-order chi connectivity index (χ1) is 7.63. The van der Waals surface area contributed by atoms with Gasteiger partial charge in [-0.2, -0.15) is 4.98 Å². The fourth-order valence-corrected chi connectivity index (χ4v) is 1.42. The normalized spacial score (nSPS) is 12.4. The summed E-state index contributed by atoms with van der Waals surface area (Å²) in [6.07, 6.45) is 5.71. The Morgan fingerprint density at radius 3 is 2.94 bits per heavy atom. The van der Waals surface area contributed by atoms with Gasteiger partial charge in [-0.15, -0.1) is 0 Å². The zero-order valence-electron chi connectivity index (χ0n) is 9.69. The maximum absolute atomic E-state index is 10.6. The van der Waals surface area contributed by atoms with E-state index in [1.54, 1.807) is 0 Å². The summed E-state index contributed by atoms with van der Waals surface area (Å²) in [4.78, 5) is 14.4. The first-order valence-corrected chi connectivity index (χ1v) is 5.58. The molecule has 16 heavy (non-hydrogen) atoms. The number of anilines is 1. The van der Waals surface area contributed by atoms with Crippen molar-refractivity contribution in [1.82, 2.24) is 4.98 Å². The van der Waals surface area contributed by atoms with E-state index in [0.29, 0.717) is 0 Å². The Bertz CT molecular complexity index is 336. The van der Waals surface area contributed by atoms with Gasteiger partial charge in [-0.3, -0.25) is 0 Å². The lowest BCUT2D eigenvalue weighted by atomic mass is 10.1. The molecule has 5 nitrogen and oxygen atoms in total. The predicted octanol–water partition coefficient (Wildman–Crippen LogP) is 2.75. The number of aromatic nitrogens is 1. The summed E-state index contributed by atoms with van der Waals surface area (Å²) in [5.74, 6) is -1.07. The molecule has 0 spiro atoms. The molecular formula is C11H18N2O3. The van der Waals surface area contributed by atoms with Crippen molar-refractivity contribution < 1.29 is 14.3 Å². The number of carbonyl (C=O) groups is 1. The highest BCUT2D eigenvalue weighted by molar-refractivity contribution is 5.85. The van der Waals surface area contributed by atoms with E-state index in [4.69, 9.17) is 9.52 Å². The molecule has 0 aliphatic rings. The van der Waals surface area contributed by atoms with Crippen LogP contribution in [0.15, 0.2) is 10.7 Å². The Balaban J connectivity index is 2.37. The van der Waals surface area contributed by atoms with Crippen LogP contribution in [0.1, 0.15) is 50.0 Å². The molecule has 5 heteroatoms. The zero-order chi connectivity index (χ0) is 12.0. The molecule has 0 aromatic carbocycles. The van der Waals surface area contributed by atoms with Crippen LogP contribution in [-0.2, 0) is 0 Å². The molecule has 0 bridgehead atoms. The maximum atomic E-state index is 10.6. The van der Waals surface area contributed by atoms with Crippen LogP contribution in [0, 0.1) is 0 Å². The Kier molecular flexibility index (Phi) is 4.82. The van der Waals surface area contributed by atoms with E-state index >= 15 is 0 Å². The molecule has 1 atom stereocenters. The first-order valence-electron chi connectivity index (χ1n) is 5.58. The number of aromatic carboxylic acids is 1. The van der Waals surface area contributed by atoms with E-state index in [2.05, 4.69) is 17.2 Å². The monoisotopic (exact) mass is 226 g/mol. The van der Waals surface area contributed by atoms with Gasteiger partial charge in [0.15, 0.2) is 5.69 Å². The van der Waals surface area contributed by atoms with Crippen molar-refractivity contribution in [2.45, 2.75) is 45.6 Å². The summed E-state index contributed by atoms with van der Waals surface area (Å²) in [6.45, 7) is 4.19. The number of hydrogen-bond donors (Lipinski definition) is 2. The number of carboxylic acids is 1. The zero-order valence-corrected chi connectivity index (χ0v) is 9.69. The molecule has 0 radical (unpaired) electrons. The van der Waals surface area contributed by atoms with Crippen LogP contribution in [0.25, 0.3) is 0 Å². The second kappa shape index (κ2) is 6.15. The van der Waals surface area contributed by atoms with E-state index < -0.39 is 5.97 Å². The van der Waals surface area contributed by atoms with Gasteiger partial charge in [-0.1, -0.05) is 26.2 Å². The van der Waals surface area contributed by atoms with Gasteiger partial charge >= 0.3 is 5.97 Å². The highest BCUT2D eigenvalue weighted by Gasteiger charge is 2.11. The molecule has 1 aromatic heterocycles. The molecule has 1 unspecified atom stereocenters. The molecule has 0 aliphatic heterocycles. The van der Waals surface area contributed by atoms with Gasteiger partial charge in [0, 0.05) is 6.04 Å². The molecule has 90 valence electrons. The van der Waals surface area contributed by atoms with Crippen LogP contribution in [0.5, 0.6) is 0 Å².